The molecule has 1 saturated heterocycles. The first-order valence-electron chi connectivity index (χ1n) is 6.38. The SMILES string of the molecule is Clc1ccccc1-c1ccnc(N2CCOCC2)c1. The molecule has 1 aromatic heterocycles. The van der Waals surface area contributed by atoms with E-state index >= 15 is 0 Å². The third kappa shape index (κ3) is 2.72. The molecule has 1 aliphatic rings. The van der Waals surface area contributed by atoms with Crippen molar-refractivity contribution in [2.45, 2.75) is 0 Å². The van der Waals surface area contributed by atoms with E-state index in [1.54, 1.807) is 0 Å². The van der Waals surface area contributed by atoms with Crippen LogP contribution in [0.5, 0.6) is 0 Å². The van der Waals surface area contributed by atoms with Crippen LogP contribution in [0.3, 0.4) is 0 Å². The first kappa shape index (κ1) is 12.5. The Hall–Kier alpha value is -1.58. The van der Waals surface area contributed by atoms with Crippen LogP contribution in [0, 0.1) is 0 Å². The average Bonchev–Trinajstić information content (AvgIpc) is 2.49. The first-order valence-corrected chi connectivity index (χ1v) is 6.76. The molecule has 0 spiro atoms. The maximum atomic E-state index is 6.24. The number of hydrogen-bond acceptors (Lipinski definition) is 3. The summed E-state index contributed by atoms with van der Waals surface area (Å²) in [5, 5.41) is 0.765. The molecule has 0 radical (unpaired) electrons. The Morgan fingerprint density at radius 2 is 1.89 bits per heavy atom. The van der Waals surface area contributed by atoms with Crippen LogP contribution in [0.15, 0.2) is 42.6 Å². The highest BCUT2D eigenvalue weighted by Crippen LogP contribution is 2.29. The van der Waals surface area contributed by atoms with E-state index in [2.05, 4.69) is 16.0 Å². The summed E-state index contributed by atoms with van der Waals surface area (Å²) >= 11 is 6.24. The van der Waals surface area contributed by atoms with Crippen LogP contribution in [0.2, 0.25) is 5.02 Å². The lowest BCUT2D eigenvalue weighted by Crippen LogP contribution is -2.36. The van der Waals surface area contributed by atoms with Crippen molar-refractivity contribution in [1.82, 2.24) is 4.98 Å². The summed E-state index contributed by atoms with van der Waals surface area (Å²) in [6.07, 6.45) is 1.84. The number of aromatic nitrogens is 1. The fourth-order valence-corrected chi connectivity index (χ4v) is 2.49. The molecular weight excluding hydrogens is 260 g/mol. The standard InChI is InChI=1S/C15H15ClN2O/c16-14-4-2-1-3-13(14)12-5-6-17-15(11-12)18-7-9-19-10-8-18/h1-6,11H,7-10H2. The van der Waals surface area contributed by atoms with Crippen molar-refractivity contribution >= 4 is 17.4 Å². The zero-order chi connectivity index (χ0) is 13.1. The summed E-state index contributed by atoms with van der Waals surface area (Å²) < 4.78 is 5.36. The summed E-state index contributed by atoms with van der Waals surface area (Å²) in [6, 6.07) is 12.0. The van der Waals surface area contributed by atoms with Crippen molar-refractivity contribution < 1.29 is 4.74 Å². The van der Waals surface area contributed by atoms with Gasteiger partial charge in [0.15, 0.2) is 0 Å². The molecule has 0 N–H and O–H groups in total. The molecule has 0 atom stereocenters. The lowest BCUT2D eigenvalue weighted by Gasteiger charge is -2.28. The number of ether oxygens (including phenoxy) is 1. The van der Waals surface area contributed by atoms with Crippen LogP contribution >= 0.6 is 11.6 Å². The molecule has 0 saturated carbocycles. The zero-order valence-electron chi connectivity index (χ0n) is 10.6. The Morgan fingerprint density at radius 3 is 2.68 bits per heavy atom. The van der Waals surface area contributed by atoms with Crippen LogP contribution in [0.25, 0.3) is 11.1 Å². The van der Waals surface area contributed by atoms with E-state index < -0.39 is 0 Å². The van der Waals surface area contributed by atoms with E-state index in [-0.39, 0.29) is 0 Å². The molecule has 0 unspecified atom stereocenters. The number of rotatable bonds is 2. The van der Waals surface area contributed by atoms with E-state index in [1.165, 1.54) is 0 Å². The molecule has 3 rings (SSSR count). The second-order valence-electron chi connectivity index (χ2n) is 4.48. The van der Waals surface area contributed by atoms with Crippen molar-refractivity contribution in [2.24, 2.45) is 0 Å². The molecule has 2 heterocycles. The number of halogens is 1. The highest BCUT2D eigenvalue weighted by atomic mass is 35.5. The number of morpholine rings is 1. The topological polar surface area (TPSA) is 25.4 Å². The van der Waals surface area contributed by atoms with Gasteiger partial charge in [-0.3, -0.25) is 0 Å². The number of hydrogen-bond donors (Lipinski definition) is 0. The Balaban J connectivity index is 1.93. The number of benzene rings is 1. The van der Waals surface area contributed by atoms with Crippen molar-refractivity contribution in [3.05, 3.63) is 47.6 Å². The van der Waals surface area contributed by atoms with Gasteiger partial charge >= 0.3 is 0 Å². The van der Waals surface area contributed by atoms with Gasteiger partial charge < -0.3 is 9.64 Å². The molecule has 0 aliphatic carbocycles. The maximum absolute atomic E-state index is 6.24. The van der Waals surface area contributed by atoms with Gasteiger partial charge in [-0.15, -0.1) is 0 Å². The number of pyridine rings is 1. The number of nitrogens with zero attached hydrogens (tertiary/aromatic N) is 2. The Kier molecular flexibility index (Phi) is 3.67. The van der Waals surface area contributed by atoms with Gasteiger partial charge in [0.05, 0.1) is 13.2 Å². The molecule has 4 heteroatoms. The molecule has 1 aliphatic heterocycles. The highest BCUT2D eigenvalue weighted by molar-refractivity contribution is 6.33. The van der Waals surface area contributed by atoms with E-state index in [9.17, 15) is 0 Å². The van der Waals surface area contributed by atoms with Gasteiger partial charge in [-0.05, 0) is 23.8 Å². The monoisotopic (exact) mass is 274 g/mol. The molecule has 3 nitrogen and oxygen atoms in total. The molecule has 1 fully saturated rings. The van der Waals surface area contributed by atoms with Gasteiger partial charge in [-0.1, -0.05) is 29.8 Å². The molecular formula is C15H15ClN2O. The van der Waals surface area contributed by atoms with Gasteiger partial charge in [-0.25, -0.2) is 4.98 Å². The second kappa shape index (κ2) is 5.59. The first-order chi connectivity index (χ1) is 9.34. The van der Waals surface area contributed by atoms with E-state index in [0.29, 0.717) is 0 Å². The summed E-state index contributed by atoms with van der Waals surface area (Å²) in [5.41, 5.74) is 2.14. The Labute approximate surface area is 117 Å². The van der Waals surface area contributed by atoms with Crippen molar-refractivity contribution in [3.63, 3.8) is 0 Å². The Morgan fingerprint density at radius 1 is 1.11 bits per heavy atom. The number of anilines is 1. The van der Waals surface area contributed by atoms with E-state index in [0.717, 1.165) is 48.3 Å². The van der Waals surface area contributed by atoms with E-state index in [4.69, 9.17) is 16.3 Å². The van der Waals surface area contributed by atoms with E-state index in [1.807, 2.05) is 36.5 Å². The minimum Gasteiger partial charge on any atom is -0.378 e. The predicted molar refractivity (Wildman–Crippen MR) is 77.7 cm³/mol. The van der Waals surface area contributed by atoms with Crippen molar-refractivity contribution in [2.75, 3.05) is 31.2 Å². The molecule has 2 aromatic rings. The fourth-order valence-electron chi connectivity index (χ4n) is 2.25. The molecule has 19 heavy (non-hydrogen) atoms. The summed E-state index contributed by atoms with van der Waals surface area (Å²) in [5.74, 6) is 0.987. The maximum Gasteiger partial charge on any atom is 0.129 e. The molecule has 0 bridgehead atoms. The quantitative estimate of drug-likeness (QED) is 0.841. The van der Waals surface area contributed by atoms with Gasteiger partial charge in [0.2, 0.25) is 0 Å². The Bertz CT molecular complexity index is 568. The normalized spacial score (nSPS) is 15.5. The predicted octanol–water partition coefficient (Wildman–Crippen LogP) is 3.24. The largest absolute Gasteiger partial charge is 0.378 e. The molecule has 1 aromatic carbocycles. The molecule has 98 valence electrons. The highest BCUT2D eigenvalue weighted by Gasteiger charge is 2.13. The minimum absolute atomic E-state index is 0.762. The van der Waals surface area contributed by atoms with Crippen molar-refractivity contribution in [1.29, 1.82) is 0 Å². The summed E-state index contributed by atoms with van der Waals surface area (Å²) in [4.78, 5) is 6.69. The summed E-state index contributed by atoms with van der Waals surface area (Å²) in [6.45, 7) is 3.30. The second-order valence-corrected chi connectivity index (χ2v) is 4.89. The van der Waals surface area contributed by atoms with Crippen LogP contribution in [-0.4, -0.2) is 31.3 Å². The van der Waals surface area contributed by atoms with Gasteiger partial charge in [0, 0.05) is 29.9 Å². The van der Waals surface area contributed by atoms with Gasteiger partial charge in [-0.2, -0.15) is 0 Å². The van der Waals surface area contributed by atoms with Gasteiger partial charge in [0.25, 0.3) is 0 Å². The van der Waals surface area contributed by atoms with Crippen LogP contribution in [0.1, 0.15) is 0 Å². The van der Waals surface area contributed by atoms with Crippen molar-refractivity contribution in [3.8, 4) is 11.1 Å². The average molecular weight is 275 g/mol. The van der Waals surface area contributed by atoms with Crippen LogP contribution in [-0.2, 0) is 4.74 Å². The third-order valence-corrected chi connectivity index (χ3v) is 3.60. The van der Waals surface area contributed by atoms with Crippen LogP contribution < -0.4 is 4.90 Å². The third-order valence-electron chi connectivity index (χ3n) is 3.27. The molecule has 0 amide bonds. The zero-order valence-corrected chi connectivity index (χ0v) is 11.3. The summed E-state index contributed by atoms with van der Waals surface area (Å²) in [7, 11) is 0. The lowest BCUT2D eigenvalue weighted by molar-refractivity contribution is 0.122. The van der Waals surface area contributed by atoms with Crippen LogP contribution in [0.4, 0.5) is 5.82 Å². The minimum atomic E-state index is 0.762. The fraction of sp³-hybridized carbons (Fsp3) is 0.267. The smallest absolute Gasteiger partial charge is 0.129 e. The van der Waals surface area contributed by atoms with Gasteiger partial charge in [0.1, 0.15) is 5.82 Å². The lowest BCUT2D eigenvalue weighted by atomic mass is 10.1.